The summed E-state index contributed by atoms with van der Waals surface area (Å²) in [6.45, 7) is 1.07. The lowest BCUT2D eigenvalue weighted by atomic mass is 10.0. The Labute approximate surface area is 89.6 Å². The van der Waals surface area contributed by atoms with Gasteiger partial charge >= 0.3 is 0 Å². The predicted molar refractivity (Wildman–Crippen MR) is 56.4 cm³/mol. The van der Waals surface area contributed by atoms with E-state index in [0.29, 0.717) is 13.2 Å². The van der Waals surface area contributed by atoms with Crippen molar-refractivity contribution in [2.75, 3.05) is 13.2 Å². The molecule has 72 valence electrons. The van der Waals surface area contributed by atoms with Gasteiger partial charge < -0.3 is 4.74 Å². The monoisotopic (exact) mass is 253 g/mol. The number of azide groups is 1. The van der Waals surface area contributed by atoms with Crippen molar-refractivity contribution in [1.82, 2.24) is 0 Å². The summed E-state index contributed by atoms with van der Waals surface area (Å²) in [6.07, 6.45) is 0. The number of fused-ring (bicyclic) bond motifs is 1. The summed E-state index contributed by atoms with van der Waals surface area (Å²) in [4.78, 5) is 2.75. The first-order valence-corrected chi connectivity index (χ1v) is 5.03. The molecule has 0 N–H and O–H groups in total. The van der Waals surface area contributed by atoms with Crippen LogP contribution in [-0.2, 0) is 0 Å². The van der Waals surface area contributed by atoms with Crippen molar-refractivity contribution in [3.05, 3.63) is 38.7 Å². The van der Waals surface area contributed by atoms with Crippen LogP contribution < -0.4 is 4.74 Å². The molecule has 0 radical (unpaired) electrons. The van der Waals surface area contributed by atoms with Gasteiger partial charge in [0.15, 0.2) is 0 Å². The van der Waals surface area contributed by atoms with E-state index in [1.807, 2.05) is 18.2 Å². The average Bonchev–Trinajstić information content (AvgIpc) is 2.57. The lowest BCUT2D eigenvalue weighted by Crippen LogP contribution is -2.03. The molecule has 1 aromatic carbocycles. The molecule has 4 nitrogen and oxygen atoms in total. The molecule has 0 amide bonds. The van der Waals surface area contributed by atoms with Crippen LogP contribution in [0.1, 0.15) is 11.5 Å². The molecule has 0 spiro atoms. The average molecular weight is 254 g/mol. The summed E-state index contributed by atoms with van der Waals surface area (Å²) in [6, 6.07) is 5.91. The molecule has 1 unspecified atom stereocenters. The Morgan fingerprint density at radius 1 is 1.64 bits per heavy atom. The zero-order valence-corrected chi connectivity index (χ0v) is 8.94. The van der Waals surface area contributed by atoms with Gasteiger partial charge in [0.2, 0.25) is 0 Å². The van der Waals surface area contributed by atoms with Crippen molar-refractivity contribution in [1.29, 1.82) is 0 Å². The fraction of sp³-hybridized carbons (Fsp3) is 0.333. The number of hydrogen-bond donors (Lipinski definition) is 0. The minimum atomic E-state index is 0.203. The van der Waals surface area contributed by atoms with Gasteiger partial charge in [-0.3, -0.25) is 0 Å². The van der Waals surface area contributed by atoms with Gasteiger partial charge in [0, 0.05) is 27.4 Å². The fourth-order valence-corrected chi connectivity index (χ4v) is 1.88. The topological polar surface area (TPSA) is 58.0 Å². The Balaban J connectivity index is 2.26. The van der Waals surface area contributed by atoms with Crippen molar-refractivity contribution < 1.29 is 4.74 Å². The highest BCUT2D eigenvalue weighted by atomic mass is 79.9. The van der Waals surface area contributed by atoms with E-state index in [9.17, 15) is 0 Å². The minimum absolute atomic E-state index is 0.203. The van der Waals surface area contributed by atoms with Crippen LogP contribution in [0.25, 0.3) is 10.4 Å². The van der Waals surface area contributed by atoms with E-state index >= 15 is 0 Å². The molecule has 2 rings (SSSR count). The van der Waals surface area contributed by atoms with E-state index in [0.717, 1.165) is 15.8 Å². The fourth-order valence-electron chi connectivity index (χ4n) is 1.54. The molecule has 5 heteroatoms. The Morgan fingerprint density at radius 2 is 2.50 bits per heavy atom. The van der Waals surface area contributed by atoms with Crippen LogP contribution in [0.3, 0.4) is 0 Å². The Kier molecular flexibility index (Phi) is 2.61. The molecule has 0 fully saturated rings. The first-order chi connectivity index (χ1) is 6.81. The number of benzene rings is 1. The van der Waals surface area contributed by atoms with Crippen molar-refractivity contribution in [3.8, 4) is 5.75 Å². The molecule has 1 aromatic rings. The van der Waals surface area contributed by atoms with Gasteiger partial charge in [-0.15, -0.1) is 0 Å². The van der Waals surface area contributed by atoms with E-state index in [2.05, 4.69) is 26.0 Å². The van der Waals surface area contributed by atoms with Crippen LogP contribution in [0.15, 0.2) is 27.8 Å². The molecule has 1 aliphatic rings. The van der Waals surface area contributed by atoms with Gasteiger partial charge in [-0.2, -0.15) is 0 Å². The van der Waals surface area contributed by atoms with Gasteiger partial charge in [0.05, 0.1) is 6.61 Å². The SMILES string of the molecule is [N-]=[N+]=NCC1COc2cc(Br)ccc21. The summed E-state index contributed by atoms with van der Waals surface area (Å²) in [5.41, 5.74) is 9.35. The Hall–Kier alpha value is -1.19. The molecule has 1 heterocycles. The van der Waals surface area contributed by atoms with Gasteiger partial charge in [-0.05, 0) is 17.7 Å². The van der Waals surface area contributed by atoms with Crippen molar-refractivity contribution in [3.63, 3.8) is 0 Å². The summed E-state index contributed by atoms with van der Waals surface area (Å²) in [5.74, 6) is 1.09. The van der Waals surface area contributed by atoms with E-state index in [4.69, 9.17) is 10.3 Å². The van der Waals surface area contributed by atoms with Crippen LogP contribution in [0.2, 0.25) is 0 Å². The first-order valence-electron chi connectivity index (χ1n) is 4.24. The molecule has 0 bridgehead atoms. The van der Waals surface area contributed by atoms with Crippen LogP contribution in [0.4, 0.5) is 0 Å². The van der Waals surface area contributed by atoms with Crippen molar-refractivity contribution in [2.24, 2.45) is 5.11 Å². The number of nitrogens with zero attached hydrogens (tertiary/aromatic N) is 3. The third-order valence-electron chi connectivity index (χ3n) is 2.22. The molecular formula is C9H8BrN3O. The molecule has 1 aliphatic heterocycles. The lowest BCUT2D eigenvalue weighted by Gasteiger charge is -2.02. The number of halogens is 1. The molecule has 14 heavy (non-hydrogen) atoms. The second-order valence-electron chi connectivity index (χ2n) is 3.10. The number of rotatable bonds is 2. The van der Waals surface area contributed by atoms with E-state index < -0.39 is 0 Å². The third kappa shape index (κ3) is 1.69. The molecular weight excluding hydrogens is 246 g/mol. The van der Waals surface area contributed by atoms with Crippen LogP contribution in [0.5, 0.6) is 5.75 Å². The zero-order valence-electron chi connectivity index (χ0n) is 7.35. The molecule has 1 atom stereocenters. The quantitative estimate of drug-likeness (QED) is 0.454. The molecule has 0 saturated carbocycles. The third-order valence-corrected chi connectivity index (χ3v) is 2.71. The van der Waals surface area contributed by atoms with Crippen LogP contribution in [-0.4, -0.2) is 13.2 Å². The van der Waals surface area contributed by atoms with Gasteiger partial charge in [0.1, 0.15) is 5.75 Å². The predicted octanol–water partition coefficient (Wildman–Crippen LogP) is 3.24. The smallest absolute Gasteiger partial charge is 0.124 e. The highest BCUT2D eigenvalue weighted by molar-refractivity contribution is 9.10. The highest BCUT2D eigenvalue weighted by Crippen LogP contribution is 2.35. The second kappa shape index (κ2) is 3.90. The summed E-state index contributed by atoms with van der Waals surface area (Å²) >= 11 is 3.38. The minimum Gasteiger partial charge on any atom is -0.493 e. The van der Waals surface area contributed by atoms with E-state index in [1.54, 1.807) is 0 Å². The molecule has 0 aromatic heterocycles. The van der Waals surface area contributed by atoms with Gasteiger partial charge in [-0.1, -0.05) is 27.1 Å². The Morgan fingerprint density at radius 3 is 3.29 bits per heavy atom. The van der Waals surface area contributed by atoms with Gasteiger partial charge in [0.25, 0.3) is 0 Å². The summed E-state index contributed by atoms with van der Waals surface area (Å²) < 4.78 is 6.48. The summed E-state index contributed by atoms with van der Waals surface area (Å²) in [5, 5.41) is 3.56. The van der Waals surface area contributed by atoms with E-state index in [1.165, 1.54) is 0 Å². The maximum atomic E-state index is 8.23. The van der Waals surface area contributed by atoms with Crippen LogP contribution in [0, 0.1) is 0 Å². The van der Waals surface area contributed by atoms with E-state index in [-0.39, 0.29) is 5.92 Å². The second-order valence-corrected chi connectivity index (χ2v) is 4.02. The van der Waals surface area contributed by atoms with Crippen molar-refractivity contribution in [2.45, 2.75) is 5.92 Å². The van der Waals surface area contributed by atoms with Crippen LogP contribution >= 0.6 is 15.9 Å². The molecule has 0 aliphatic carbocycles. The normalized spacial score (nSPS) is 18.2. The zero-order chi connectivity index (χ0) is 9.97. The number of ether oxygens (including phenoxy) is 1. The standard InChI is InChI=1S/C9H8BrN3O/c10-7-1-2-8-6(4-12-13-11)5-14-9(8)3-7/h1-3,6H,4-5H2. The lowest BCUT2D eigenvalue weighted by molar-refractivity contribution is 0.332. The highest BCUT2D eigenvalue weighted by Gasteiger charge is 2.23. The molecule has 0 saturated heterocycles. The Bertz CT molecular complexity index is 401. The maximum Gasteiger partial charge on any atom is 0.124 e. The maximum absolute atomic E-state index is 8.23. The largest absolute Gasteiger partial charge is 0.493 e. The summed E-state index contributed by atoms with van der Waals surface area (Å²) in [7, 11) is 0. The van der Waals surface area contributed by atoms with Gasteiger partial charge in [-0.25, -0.2) is 0 Å². The van der Waals surface area contributed by atoms with Crippen molar-refractivity contribution >= 4 is 15.9 Å². The first kappa shape index (κ1) is 9.37. The number of hydrogen-bond acceptors (Lipinski definition) is 2.